The number of nitrogens with zero attached hydrogens (tertiary/aromatic N) is 1. The van der Waals surface area contributed by atoms with E-state index >= 15 is 0 Å². The molecule has 0 bridgehead atoms. The molecule has 2 rings (SSSR count). The minimum atomic E-state index is 0.385. The van der Waals surface area contributed by atoms with E-state index in [-0.39, 0.29) is 0 Å². The SMILES string of the molecule is Cc1ccc(N(C)CC2CCCCO2)c(CNC(C)C)c1. The fourth-order valence-electron chi connectivity index (χ4n) is 2.90. The van der Waals surface area contributed by atoms with Crippen LogP contribution in [0.5, 0.6) is 0 Å². The molecule has 1 heterocycles. The second kappa shape index (κ2) is 7.81. The molecule has 1 aliphatic heterocycles. The first-order valence-corrected chi connectivity index (χ1v) is 8.22. The predicted octanol–water partition coefficient (Wildman–Crippen LogP) is 3.50. The third kappa shape index (κ3) is 5.01. The van der Waals surface area contributed by atoms with E-state index in [4.69, 9.17) is 4.74 Å². The van der Waals surface area contributed by atoms with Gasteiger partial charge in [0.25, 0.3) is 0 Å². The Morgan fingerprint density at radius 1 is 1.33 bits per heavy atom. The van der Waals surface area contributed by atoms with Gasteiger partial charge in [-0.05, 0) is 37.8 Å². The molecule has 1 unspecified atom stereocenters. The van der Waals surface area contributed by atoms with E-state index in [9.17, 15) is 0 Å². The number of likely N-dealkylation sites (N-methyl/N-ethyl adjacent to an activating group) is 1. The van der Waals surface area contributed by atoms with Gasteiger partial charge in [0.1, 0.15) is 0 Å². The van der Waals surface area contributed by atoms with Gasteiger partial charge in [-0.2, -0.15) is 0 Å². The molecule has 3 nitrogen and oxygen atoms in total. The summed E-state index contributed by atoms with van der Waals surface area (Å²) in [4.78, 5) is 2.35. The Morgan fingerprint density at radius 2 is 2.14 bits per heavy atom. The Morgan fingerprint density at radius 3 is 2.81 bits per heavy atom. The van der Waals surface area contributed by atoms with Crippen LogP contribution in [0, 0.1) is 6.92 Å². The van der Waals surface area contributed by atoms with E-state index in [1.54, 1.807) is 0 Å². The van der Waals surface area contributed by atoms with Crippen molar-refractivity contribution in [3.8, 4) is 0 Å². The van der Waals surface area contributed by atoms with Crippen molar-refractivity contribution in [2.24, 2.45) is 0 Å². The predicted molar refractivity (Wildman–Crippen MR) is 90.0 cm³/mol. The molecule has 1 N–H and O–H groups in total. The molecular formula is C18H30N2O. The molecular weight excluding hydrogens is 260 g/mol. The van der Waals surface area contributed by atoms with E-state index in [1.807, 2.05) is 0 Å². The van der Waals surface area contributed by atoms with Gasteiger partial charge >= 0.3 is 0 Å². The van der Waals surface area contributed by atoms with Crippen molar-refractivity contribution in [3.63, 3.8) is 0 Å². The van der Waals surface area contributed by atoms with E-state index < -0.39 is 0 Å². The molecule has 0 amide bonds. The van der Waals surface area contributed by atoms with Crippen LogP contribution < -0.4 is 10.2 Å². The van der Waals surface area contributed by atoms with Crippen LogP contribution in [0.15, 0.2) is 18.2 Å². The number of hydrogen-bond acceptors (Lipinski definition) is 3. The summed E-state index contributed by atoms with van der Waals surface area (Å²) in [6.45, 7) is 9.37. The standard InChI is InChI=1S/C18H30N2O/c1-14(2)19-12-16-11-15(3)8-9-18(16)20(4)13-17-7-5-6-10-21-17/h8-9,11,14,17,19H,5-7,10,12-13H2,1-4H3. The molecule has 1 atom stereocenters. The van der Waals surface area contributed by atoms with Gasteiger partial charge in [0.05, 0.1) is 6.10 Å². The summed E-state index contributed by atoms with van der Waals surface area (Å²) in [5, 5.41) is 3.53. The van der Waals surface area contributed by atoms with Crippen LogP contribution in [-0.2, 0) is 11.3 Å². The summed E-state index contributed by atoms with van der Waals surface area (Å²) < 4.78 is 5.87. The highest BCUT2D eigenvalue weighted by Crippen LogP contribution is 2.23. The maximum absolute atomic E-state index is 5.87. The molecule has 0 aliphatic carbocycles. The highest BCUT2D eigenvalue weighted by atomic mass is 16.5. The van der Waals surface area contributed by atoms with Crippen LogP contribution in [0.4, 0.5) is 5.69 Å². The van der Waals surface area contributed by atoms with Gasteiger partial charge in [-0.3, -0.25) is 0 Å². The van der Waals surface area contributed by atoms with Gasteiger partial charge in [0, 0.05) is 38.5 Å². The van der Waals surface area contributed by atoms with Crippen LogP contribution in [0.25, 0.3) is 0 Å². The minimum absolute atomic E-state index is 0.385. The topological polar surface area (TPSA) is 24.5 Å². The third-order valence-corrected chi connectivity index (χ3v) is 4.10. The fourth-order valence-corrected chi connectivity index (χ4v) is 2.90. The van der Waals surface area contributed by atoms with Gasteiger partial charge in [0.15, 0.2) is 0 Å². The Balaban J connectivity index is 2.05. The molecule has 1 aliphatic rings. The second-order valence-electron chi connectivity index (χ2n) is 6.54. The maximum Gasteiger partial charge on any atom is 0.0749 e. The Bertz CT molecular complexity index is 439. The molecule has 1 saturated heterocycles. The second-order valence-corrected chi connectivity index (χ2v) is 6.54. The number of anilines is 1. The first-order chi connectivity index (χ1) is 10.1. The third-order valence-electron chi connectivity index (χ3n) is 4.10. The lowest BCUT2D eigenvalue weighted by Crippen LogP contribution is -2.34. The average molecular weight is 290 g/mol. The zero-order chi connectivity index (χ0) is 15.2. The number of ether oxygens (including phenoxy) is 1. The van der Waals surface area contributed by atoms with Crippen molar-refractivity contribution in [1.82, 2.24) is 5.32 Å². The van der Waals surface area contributed by atoms with Gasteiger partial charge < -0.3 is 15.0 Å². The summed E-state index contributed by atoms with van der Waals surface area (Å²) in [5.74, 6) is 0. The monoisotopic (exact) mass is 290 g/mol. The average Bonchev–Trinajstić information content (AvgIpc) is 2.46. The van der Waals surface area contributed by atoms with E-state index in [1.165, 1.54) is 36.1 Å². The molecule has 0 radical (unpaired) electrons. The number of aryl methyl sites for hydroxylation is 1. The number of nitrogens with one attached hydrogen (secondary N) is 1. The highest BCUT2D eigenvalue weighted by Gasteiger charge is 2.17. The van der Waals surface area contributed by atoms with Gasteiger partial charge in [-0.1, -0.05) is 31.5 Å². The largest absolute Gasteiger partial charge is 0.376 e. The van der Waals surface area contributed by atoms with E-state index in [0.717, 1.165) is 19.7 Å². The molecule has 0 spiro atoms. The minimum Gasteiger partial charge on any atom is -0.376 e. The summed E-state index contributed by atoms with van der Waals surface area (Å²) in [6, 6.07) is 7.25. The van der Waals surface area contributed by atoms with Crippen molar-refractivity contribution in [2.45, 2.75) is 58.7 Å². The first kappa shape index (κ1) is 16.3. The summed E-state index contributed by atoms with van der Waals surface area (Å²) in [5.41, 5.74) is 4.02. The lowest BCUT2D eigenvalue weighted by atomic mass is 10.1. The van der Waals surface area contributed by atoms with Crippen molar-refractivity contribution in [1.29, 1.82) is 0 Å². The molecule has 1 fully saturated rings. The van der Waals surface area contributed by atoms with Gasteiger partial charge in [0.2, 0.25) is 0 Å². The normalized spacial score (nSPS) is 19.0. The highest BCUT2D eigenvalue weighted by molar-refractivity contribution is 5.54. The number of benzene rings is 1. The Hall–Kier alpha value is -1.06. The lowest BCUT2D eigenvalue weighted by molar-refractivity contribution is 0.0216. The molecule has 118 valence electrons. The zero-order valence-electron chi connectivity index (χ0n) is 14.0. The maximum atomic E-state index is 5.87. The van der Waals surface area contributed by atoms with Gasteiger partial charge in [-0.15, -0.1) is 0 Å². The quantitative estimate of drug-likeness (QED) is 0.868. The van der Waals surface area contributed by atoms with E-state index in [2.05, 4.69) is 56.2 Å². The molecule has 3 heteroatoms. The molecule has 21 heavy (non-hydrogen) atoms. The lowest BCUT2D eigenvalue weighted by Gasteiger charge is -2.30. The number of rotatable bonds is 6. The first-order valence-electron chi connectivity index (χ1n) is 8.22. The van der Waals surface area contributed by atoms with Crippen LogP contribution >= 0.6 is 0 Å². The Kier molecular flexibility index (Phi) is 6.07. The van der Waals surface area contributed by atoms with Crippen LogP contribution in [0.1, 0.15) is 44.2 Å². The van der Waals surface area contributed by atoms with Crippen molar-refractivity contribution >= 4 is 5.69 Å². The molecule has 0 saturated carbocycles. The Labute approximate surface area is 129 Å². The van der Waals surface area contributed by atoms with Crippen LogP contribution in [-0.4, -0.2) is 32.3 Å². The number of hydrogen-bond donors (Lipinski definition) is 1. The molecule has 0 aromatic heterocycles. The van der Waals surface area contributed by atoms with E-state index in [0.29, 0.717) is 12.1 Å². The van der Waals surface area contributed by atoms with Crippen LogP contribution in [0.2, 0.25) is 0 Å². The van der Waals surface area contributed by atoms with Crippen molar-refractivity contribution < 1.29 is 4.74 Å². The van der Waals surface area contributed by atoms with Crippen molar-refractivity contribution in [2.75, 3.05) is 25.1 Å². The molecule has 1 aromatic carbocycles. The van der Waals surface area contributed by atoms with Gasteiger partial charge in [-0.25, -0.2) is 0 Å². The smallest absolute Gasteiger partial charge is 0.0749 e. The summed E-state index contributed by atoms with van der Waals surface area (Å²) in [6.07, 6.45) is 4.09. The fraction of sp³-hybridized carbons (Fsp3) is 0.667. The van der Waals surface area contributed by atoms with Crippen molar-refractivity contribution in [3.05, 3.63) is 29.3 Å². The summed E-state index contributed by atoms with van der Waals surface area (Å²) in [7, 11) is 2.18. The molecule has 1 aromatic rings. The zero-order valence-corrected chi connectivity index (χ0v) is 14.0. The van der Waals surface area contributed by atoms with Crippen LogP contribution in [0.3, 0.4) is 0 Å². The summed E-state index contributed by atoms with van der Waals surface area (Å²) >= 11 is 0.